The van der Waals surface area contributed by atoms with Crippen molar-refractivity contribution in [1.82, 2.24) is 0 Å². The Kier molecular flexibility index (Phi) is 6.66. The van der Waals surface area contributed by atoms with Crippen LogP contribution in [0.5, 0.6) is 0 Å². The Morgan fingerprint density at radius 3 is 2.15 bits per heavy atom. The molecule has 0 aromatic heterocycles. The van der Waals surface area contributed by atoms with Crippen LogP contribution in [0.4, 0.5) is 30.7 Å². The van der Waals surface area contributed by atoms with E-state index in [1.165, 1.54) is 0 Å². The summed E-state index contributed by atoms with van der Waals surface area (Å²) in [7, 11) is -3.96. The number of alkyl halides is 8. The Morgan fingerprint density at radius 1 is 1.07 bits per heavy atom. The average molecular weight is 656 g/mol. The van der Waals surface area contributed by atoms with Gasteiger partial charge in [-0.1, -0.05) is 50.1 Å². The van der Waals surface area contributed by atoms with Gasteiger partial charge in [0.05, 0.1) is 4.32 Å². The molecule has 1 aromatic carbocycles. The van der Waals surface area contributed by atoms with Crippen molar-refractivity contribution in [1.29, 1.82) is 0 Å². The van der Waals surface area contributed by atoms with E-state index >= 15 is 0 Å². The second-order valence-electron chi connectivity index (χ2n) is 5.51. The van der Waals surface area contributed by atoms with Crippen LogP contribution < -0.4 is 0 Å². The van der Waals surface area contributed by atoms with Gasteiger partial charge in [-0.05, 0) is 50.9 Å². The van der Waals surface area contributed by atoms with Crippen LogP contribution in [0.2, 0.25) is 0 Å². The Bertz CT molecular complexity index is 838. The van der Waals surface area contributed by atoms with Gasteiger partial charge >= 0.3 is 17.4 Å². The molecule has 0 saturated heterocycles. The van der Waals surface area contributed by atoms with Gasteiger partial charge in [-0.15, -0.1) is 0 Å². The van der Waals surface area contributed by atoms with Gasteiger partial charge in [0.25, 0.3) is 0 Å². The van der Waals surface area contributed by atoms with Gasteiger partial charge in [-0.25, -0.2) is 4.21 Å². The Labute approximate surface area is 182 Å². The summed E-state index contributed by atoms with van der Waals surface area (Å²) in [5.41, 5.74) is 0.552. The fourth-order valence-electron chi connectivity index (χ4n) is 2.28. The van der Waals surface area contributed by atoms with Crippen molar-refractivity contribution in [3.8, 4) is 0 Å². The van der Waals surface area contributed by atoms with Gasteiger partial charge in [0.2, 0.25) is 0 Å². The van der Waals surface area contributed by atoms with Gasteiger partial charge in [0, 0.05) is 14.9 Å². The molecule has 0 saturated carbocycles. The van der Waals surface area contributed by atoms with Crippen molar-refractivity contribution in [3.63, 3.8) is 0 Å². The summed E-state index contributed by atoms with van der Waals surface area (Å²) in [5.74, 6) is -6.46. The molecule has 1 aromatic rings. The predicted octanol–water partition coefficient (Wildman–Crippen LogP) is 6.99. The molecule has 1 nitrogen and oxygen atoms in total. The highest BCUT2D eigenvalue weighted by molar-refractivity contribution is 14.1. The number of benzene rings is 1. The van der Waals surface area contributed by atoms with Crippen molar-refractivity contribution in [2.24, 2.45) is 0 Å². The van der Waals surface area contributed by atoms with Gasteiger partial charge in [0.1, 0.15) is 10.8 Å². The van der Waals surface area contributed by atoms with Crippen molar-refractivity contribution < 1.29 is 34.9 Å². The maximum atomic E-state index is 13.9. The molecule has 0 bridgehead atoms. The van der Waals surface area contributed by atoms with E-state index in [9.17, 15) is 34.9 Å². The molecule has 0 fully saturated rings. The molecule has 2 unspecified atom stereocenters. The minimum atomic E-state index is -6.55. The van der Waals surface area contributed by atoms with E-state index in [0.29, 0.717) is 9.13 Å². The fraction of sp³-hybridized carbons (Fsp3) is 0.333. The summed E-state index contributed by atoms with van der Waals surface area (Å²) in [6, 6.07) is 6.67. The van der Waals surface area contributed by atoms with E-state index in [4.69, 9.17) is 0 Å². The molecule has 0 N–H and O–H groups in total. The second kappa shape index (κ2) is 7.71. The smallest absolute Gasteiger partial charge is 0.248 e. The monoisotopic (exact) mass is 654 g/mol. The highest BCUT2D eigenvalue weighted by atomic mass is 127. The van der Waals surface area contributed by atoms with Gasteiger partial charge in [-0.3, -0.25) is 0 Å². The van der Waals surface area contributed by atoms with Crippen molar-refractivity contribution in [2.45, 2.75) is 28.1 Å². The summed E-state index contributed by atoms with van der Waals surface area (Å²) in [5, 5.41) is -5.85. The van der Waals surface area contributed by atoms with Crippen LogP contribution in [0.15, 0.2) is 45.8 Å². The third-order valence-corrected chi connectivity index (χ3v) is 7.36. The van der Waals surface area contributed by atoms with Crippen LogP contribution in [0.3, 0.4) is 0 Å². The lowest BCUT2D eigenvalue weighted by Gasteiger charge is -2.32. The number of hydrogen-bond donors (Lipinski definition) is 0. The highest BCUT2D eigenvalue weighted by Gasteiger charge is 2.76. The predicted molar refractivity (Wildman–Crippen MR) is 104 cm³/mol. The summed E-state index contributed by atoms with van der Waals surface area (Å²) in [6.07, 6.45) is -4.56. The van der Waals surface area contributed by atoms with E-state index in [1.807, 2.05) is 22.6 Å². The first-order valence-corrected chi connectivity index (χ1v) is 10.7. The summed E-state index contributed by atoms with van der Waals surface area (Å²) < 4.78 is 103. The molecule has 0 radical (unpaired) electrons. The standard InChI is InChI=1S/C15H8Br2F7IOS/c16-8-5-9(27(26)15(23,24)13(18,19)14(20,21)22)7-12(17,6-8)10-3-1-2-4-11(10)25/h1-5,7H,6H2. The molecule has 2 rings (SSSR count). The normalized spacial score (nSPS) is 22.9. The lowest BCUT2D eigenvalue weighted by atomic mass is 9.92. The number of hydrogen-bond acceptors (Lipinski definition) is 1. The summed E-state index contributed by atoms with van der Waals surface area (Å²) in [6.45, 7) is 0. The van der Waals surface area contributed by atoms with Crippen LogP contribution >= 0.6 is 54.5 Å². The zero-order chi connectivity index (χ0) is 20.8. The molecule has 1 aliphatic rings. The first kappa shape index (κ1) is 23.3. The van der Waals surface area contributed by atoms with Gasteiger partial charge < -0.3 is 0 Å². The molecular weight excluding hydrogens is 648 g/mol. The Hall–Kier alpha value is 0.0500. The third kappa shape index (κ3) is 4.32. The minimum Gasteiger partial charge on any atom is -0.248 e. The molecule has 2 atom stereocenters. The maximum absolute atomic E-state index is 13.9. The largest absolute Gasteiger partial charge is 0.461 e. The first-order valence-electron chi connectivity index (χ1n) is 6.90. The maximum Gasteiger partial charge on any atom is 0.461 e. The Balaban J connectivity index is 2.55. The first-order chi connectivity index (χ1) is 12.1. The lowest BCUT2D eigenvalue weighted by molar-refractivity contribution is -0.331. The molecule has 0 spiro atoms. The van der Waals surface area contributed by atoms with E-state index in [1.54, 1.807) is 24.3 Å². The van der Waals surface area contributed by atoms with Crippen LogP contribution in [0, 0.1) is 3.57 Å². The number of rotatable bonds is 4. The van der Waals surface area contributed by atoms with E-state index in [0.717, 1.165) is 12.2 Å². The number of halogens is 10. The third-order valence-electron chi connectivity index (χ3n) is 3.59. The van der Waals surface area contributed by atoms with Gasteiger partial charge in [0.15, 0.2) is 0 Å². The average Bonchev–Trinajstić information content (AvgIpc) is 2.52. The molecule has 1 aliphatic carbocycles. The zero-order valence-corrected chi connectivity index (χ0v) is 18.9. The molecule has 0 aliphatic heterocycles. The minimum absolute atomic E-state index is 0.148. The molecule has 150 valence electrons. The second-order valence-corrected chi connectivity index (χ2v) is 10.6. The molecule has 0 heterocycles. The van der Waals surface area contributed by atoms with Crippen molar-refractivity contribution in [2.75, 3.05) is 0 Å². The summed E-state index contributed by atoms with van der Waals surface area (Å²) >= 11 is 8.33. The molecule has 0 amide bonds. The summed E-state index contributed by atoms with van der Waals surface area (Å²) in [4.78, 5) is -0.849. The highest BCUT2D eigenvalue weighted by Crippen LogP contribution is 2.52. The van der Waals surface area contributed by atoms with Crippen LogP contribution in [0.1, 0.15) is 12.0 Å². The van der Waals surface area contributed by atoms with Crippen LogP contribution in [0.25, 0.3) is 0 Å². The molecule has 27 heavy (non-hydrogen) atoms. The van der Waals surface area contributed by atoms with Crippen molar-refractivity contribution in [3.05, 3.63) is 54.9 Å². The van der Waals surface area contributed by atoms with Gasteiger partial charge in [-0.2, -0.15) is 30.7 Å². The lowest BCUT2D eigenvalue weighted by Crippen LogP contribution is -2.54. The van der Waals surface area contributed by atoms with E-state index in [-0.39, 0.29) is 10.9 Å². The molecule has 12 heteroatoms. The van der Waals surface area contributed by atoms with Crippen molar-refractivity contribution >= 4 is 65.3 Å². The topological polar surface area (TPSA) is 17.1 Å². The Morgan fingerprint density at radius 2 is 1.63 bits per heavy atom. The molecular formula is C15H8Br2F7IOS. The van der Waals surface area contributed by atoms with Crippen LogP contribution in [-0.2, 0) is 15.1 Å². The zero-order valence-electron chi connectivity index (χ0n) is 12.8. The SMILES string of the molecule is O=S(C1=CC(Br)(c2ccccc2I)CC(Br)=C1)C(F)(F)C(F)(F)C(F)(F)F. The van der Waals surface area contributed by atoms with E-state index < -0.39 is 37.4 Å². The number of allylic oxidation sites excluding steroid dienone is 3. The fourth-order valence-corrected chi connectivity index (χ4v) is 6.98. The van der Waals surface area contributed by atoms with Crippen LogP contribution in [-0.4, -0.2) is 21.6 Å². The quantitative estimate of drug-likeness (QED) is 0.194. The van der Waals surface area contributed by atoms with E-state index in [2.05, 4.69) is 31.9 Å².